The van der Waals surface area contributed by atoms with Gasteiger partial charge in [-0.15, -0.1) is 22.9 Å². The Hall–Kier alpha value is -0.840. The van der Waals surface area contributed by atoms with E-state index in [9.17, 15) is 4.79 Å². The number of halogens is 2. The molecule has 0 aliphatic carbocycles. The van der Waals surface area contributed by atoms with E-state index in [2.05, 4.69) is 10.3 Å². The molecule has 0 aliphatic rings. The lowest BCUT2D eigenvalue weighted by molar-refractivity contribution is -0.116. The molecule has 0 saturated carbocycles. The lowest BCUT2D eigenvalue weighted by Gasteiger charge is -2.07. The Balaban J connectivity index is 2.25. The summed E-state index contributed by atoms with van der Waals surface area (Å²) in [6.07, 6.45) is 1.04. The lowest BCUT2D eigenvalue weighted by atomic mass is 10.2. The topological polar surface area (TPSA) is 42.0 Å². The smallest absolute Gasteiger partial charge is 0.224 e. The minimum atomic E-state index is -0.0898. The third-order valence-electron chi connectivity index (χ3n) is 2.25. The first-order chi connectivity index (χ1) is 8.22. The van der Waals surface area contributed by atoms with Gasteiger partial charge in [0.1, 0.15) is 5.52 Å². The summed E-state index contributed by atoms with van der Waals surface area (Å²) in [6, 6.07) is 3.66. The van der Waals surface area contributed by atoms with Crippen molar-refractivity contribution in [2.45, 2.75) is 12.8 Å². The number of alkyl halides is 1. The average molecular weight is 289 g/mol. The van der Waals surface area contributed by atoms with Crippen molar-refractivity contribution in [3.8, 4) is 0 Å². The standard InChI is InChI=1S/C11H10Cl2N2OS/c12-5-1-2-9(16)15-10-7(13)3-4-8-11(10)14-6-17-8/h3-4,6H,1-2,5H2,(H,15,16). The quantitative estimate of drug-likeness (QED) is 0.867. The van der Waals surface area contributed by atoms with Gasteiger partial charge >= 0.3 is 0 Å². The fourth-order valence-corrected chi connectivity index (χ4v) is 2.47. The van der Waals surface area contributed by atoms with Crippen LogP contribution in [0.15, 0.2) is 17.6 Å². The van der Waals surface area contributed by atoms with Crippen molar-refractivity contribution in [2.75, 3.05) is 11.2 Å². The van der Waals surface area contributed by atoms with Gasteiger partial charge in [0, 0.05) is 12.3 Å². The highest BCUT2D eigenvalue weighted by molar-refractivity contribution is 7.16. The second kappa shape index (κ2) is 5.67. The van der Waals surface area contributed by atoms with Gasteiger partial charge in [-0.3, -0.25) is 4.79 Å². The Morgan fingerprint density at radius 1 is 1.47 bits per heavy atom. The summed E-state index contributed by atoms with van der Waals surface area (Å²) in [5, 5.41) is 3.29. The van der Waals surface area contributed by atoms with E-state index in [0.29, 0.717) is 29.4 Å². The van der Waals surface area contributed by atoms with E-state index >= 15 is 0 Å². The molecule has 0 spiro atoms. The fourth-order valence-electron chi connectivity index (χ4n) is 1.45. The van der Waals surface area contributed by atoms with Crippen LogP contribution >= 0.6 is 34.5 Å². The molecular formula is C11H10Cl2N2OS. The molecule has 0 atom stereocenters. The minimum absolute atomic E-state index is 0.0898. The molecule has 1 amide bonds. The molecule has 90 valence electrons. The third kappa shape index (κ3) is 2.89. The van der Waals surface area contributed by atoms with Gasteiger partial charge in [-0.05, 0) is 18.6 Å². The monoisotopic (exact) mass is 288 g/mol. The zero-order chi connectivity index (χ0) is 12.3. The summed E-state index contributed by atoms with van der Waals surface area (Å²) in [5.74, 6) is 0.384. The second-order valence-electron chi connectivity index (χ2n) is 3.46. The van der Waals surface area contributed by atoms with Crippen LogP contribution in [0.3, 0.4) is 0 Å². The van der Waals surface area contributed by atoms with Gasteiger partial charge < -0.3 is 5.32 Å². The number of amides is 1. The van der Waals surface area contributed by atoms with Gasteiger partial charge in [-0.2, -0.15) is 0 Å². The molecule has 0 bridgehead atoms. The van der Waals surface area contributed by atoms with Crippen molar-refractivity contribution >= 4 is 56.3 Å². The summed E-state index contributed by atoms with van der Waals surface area (Å²) in [4.78, 5) is 15.8. The first-order valence-corrected chi connectivity index (χ1v) is 6.89. The van der Waals surface area contributed by atoms with Gasteiger partial charge in [0.05, 0.1) is 20.9 Å². The first-order valence-electron chi connectivity index (χ1n) is 5.10. The van der Waals surface area contributed by atoms with Crippen molar-refractivity contribution in [2.24, 2.45) is 0 Å². The van der Waals surface area contributed by atoms with Crippen LogP contribution in [0.1, 0.15) is 12.8 Å². The van der Waals surface area contributed by atoms with Crippen molar-refractivity contribution in [1.29, 1.82) is 0 Å². The molecule has 3 nitrogen and oxygen atoms in total. The van der Waals surface area contributed by atoms with E-state index in [1.807, 2.05) is 6.07 Å². The van der Waals surface area contributed by atoms with Gasteiger partial charge in [0.15, 0.2) is 0 Å². The maximum Gasteiger partial charge on any atom is 0.224 e. The zero-order valence-electron chi connectivity index (χ0n) is 8.87. The molecule has 6 heteroatoms. The Kier molecular flexibility index (Phi) is 4.20. The molecule has 0 unspecified atom stereocenters. The van der Waals surface area contributed by atoms with E-state index in [0.717, 1.165) is 10.2 Å². The van der Waals surface area contributed by atoms with E-state index < -0.39 is 0 Å². The lowest BCUT2D eigenvalue weighted by Crippen LogP contribution is -2.12. The third-order valence-corrected chi connectivity index (χ3v) is 3.63. The van der Waals surface area contributed by atoms with Crippen LogP contribution in [-0.4, -0.2) is 16.8 Å². The number of benzene rings is 1. The maximum atomic E-state index is 11.6. The Morgan fingerprint density at radius 2 is 2.29 bits per heavy atom. The molecule has 0 fully saturated rings. The van der Waals surface area contributed by atoms with Gasteiger partial charge in [0.2, 0.25) is 5.91 Å². The van der Waals surface area contributed by atoms with E-state index in [4.69, 9.17) is 23.2 Å². The van der Waals surface area contributed by atoms with Crippen LogP contribution < -0.4 is 5.32 Å². The van der Waals surface area contributed by atoms with Crippen LogP contribution in [0.5, 0.6) is 0 Å². The number of nitrogens with one attached hydrogen (secondary N) is 1. The number of carbonyl (C=O) groups is 1. The summed E-state index contributed by atoms with van der Waals surface area (Å²) in [5.41, 5.74) is 3.06. The van der Waals surface area contributed by atoms with E-state index in [1.54, 1.807) is 11.6 Å². The highest BCUT2D eigenvalue weighted by Crippen LogP contribution is 2.32. The molecule has 1 N–H and O–H groups in total. The SMILES string of the molecule is O=C(CCCCl)Nc1c(Cl)ccc2scnc12. The number of rotatable bonds is 4. The Labute approximate surface area is 113 Å². The predicted molar refractivity (Wildman–Crippen MR) is 73.2 cm³/mol. The fraction of sp³-hybridized carbons (Fsp3) is 0.273. The first kappa shape index (κ1) is 12.6. The maximum absolute atomic E-state index is 11.6. The van der Waals surface area contributed by atoms with Crippen molar-refractivity contribution < 1.29 is 4.79 Å². The molecule has 0 aliphatic heterocycles. The summed E-state index contributed by atoms with van der Waals surface area (Å²) in [7, 11) is 0. The number of aromatic nitrogens is 1. The molecule has 2 rings (SSSR count). The zero-order valence-corrected chi connectivity index (χ0v) is 11.2. The van der Waals surface area contributed by atoms with Gasteiger partial charge in [0.25, 0.3) is 0 Å². The molecule has 1 aromatic heterocycles. The number of hydrogen-bond acceptors (Lipinski definition) is 3. The van der Waals surface area contributed by atoms with Crippen molar-refractivity contribution in [1.82, 2.24) is 4.98 Å². The normalized spacial score (nSPS) is 10.7. The largest absolute Gasteiger partial charge is 0.323 e. The minimum Gasteiger partial charge on any atom is -0.323 e. The number of nitrogens with zero attached hydrogens (tertiary/aromatic N) is 1. The van der Waals surface area contributed by atoms with Gasteiger partial charge in [-0.25, -0.2) is 4.98 Å². The summed E-state index contributed by atoms with van der Waals surface area (Å²) in [6.45, 7) is 0. The summed E-state index contributed by atoms with van der Waals surface area (Å²) >= 11 is 13.1. The van der Waals surface area contributed by atoms with Crippen LogP contribution in [0, 0.1) is 0 Å². The van der Waals surface area contributed by atoms with Crippen LogP contribution in [0.25, 0.3) is 10.2 Å². The van der Waals surface area contributed by atoms with E-state index in [1.165, 1.54) is 11.3 Å². The highest BCUT2D eigenvalue weighted by atomic mass is 35.5. The molecule has 0 radical (unpaired) electrons. The molecule has 1 heterocycles. The predicted octanol–water partition coefficient (Wildman–Crippen LogP) is 3.91. The Bertz CT molecular complexity index is 541. The highest BCUT2D eigenvalue weighted by Gasteiger charge is 2.11. The van der Waals surface area contributed by atoms with Crippen molar-refractivity contribution in [3.63, 3.8) is 0 Å². The van der Waals surface area contributed by atoms with Crippen molar-refractivity contribution in [3.05, 3.63) is 22.7 Å². The number of anilines is 1. The molecule has 1 aromatic carbocycles. The average Bonchev–Trinajstić information content (AvgIpc) is 2.78. The number of hydrogen-bond donors (Lipinski definition) is 1. The van der Waals surface area contributed by atoms with Crippen LogP contribution in [0.4, 0.5) is 5.69 Å². The van der Waals surface area contributed by atoms with Crippen LogP contribution in [0.2, 0.25) is 5.02 Å². The van der Waals surface area contributed by atoms with E-state index in [-0.39, 0.29) is 5.91 Å². The number of fused-ring (bicyclic) bond motifs is 1. The molecule has 0 saturated heterocycles. The molecule has 2 aromatic rings. The number of thiazole rings is 1. The number of carbonyl (C=O) groups excluding carboxylic acids is 1. The molecular weight excluding hydrogens is 279 g/mol. The Morgan fingerprint density at radius 3 is 3.06 bits per heavy atom. The summed E-state index contributed by atoms with van der Waals surface area (Å²) < 4.78 is 1.00. The van der Waals surface area contributed by atoms with Crippen LogP contribution in [-0.2, 0) is 4.79 Å². The van der Waals surface area contributed by atoms with Gasteiger partial charge in [-0.1, -0.05) is 11.6 Å². The second-order valence-corrected chi connectivity index (χ2v) is 5.13. The molecule has 17 heavy (non-hydrogen) atoms.